The van der Waals surface area contributed by atoms with Crippen LogP contribution in [0.2, 0.25) is 10.0 Å². The minimum Gasteiger partial charge on any atom is -0.341 e. The second-order valence-corrected chi connectivity index (χ2v) is 9.81. The summed E-state index contributed by atoms with van der Waals surface area (Å²) in [5, 5.41) is 1.22. The van der Waals surface area contributed by atoms with Crippen LogP contribution in [0.1, 0.15) is 18.4 Å². The van der Waals surface area contributed by atoms with Gasteiger partial charge in [-0.2, -0.15) is 0 Å². The minimum absolute atomic E-state index is 0.261. The summed E-state index contributed by atoms with van der Waals surface area (Å²) in [6, 6.07) is 18.8. The highest BCUT2D eigenvalue weighted by Gasteiger charge is 2.17. The molecule has 0 aliphatic carbocycles. The molecule has 1 saturated heterocycles. The molecule has 0 aromatic heterocycles. The van der Waals surface area contributed by atoms with E-state index in [1.54, 1.807) is 24.3 Å². The van der Waals surface area contributed by atoms with Crippen molar-refractivity contribution in [2.75, 3.05) is 50.7 Å². The standard InChI is InChI=1S/C28H31Cl2F2N3/c29-27-13-4-22(21-28(27)30)3-1-14-33-17-19-34(20-18-33)15-2-16-35(25-9-5-23(31)6-10-25)26-11-7-24(32)8-12-26/h4-13,21H,1-3,14-20H2. The van der Waals surface area contributed by atoms with Gasteiger partial charge in [-0.3, -0.25) is 0 Å². The van der Waals surface area contributed by atoms with E-state index in [-0.39, 0.29) is 11.6 Å². The summed E-state index contributed by atoms with van der Waals surface area (Å²) in [5.41, 5.74) is 3.04. The number of halogens is 4. The highest BCUT2D eigenvalue weighted by atomic mass is 35.5. The number of piperazine rings is 1. The van der Waals surface area contributed by atoms with E-state index in [0.29, 0.717) is 10.0 Å². The lowest BCUT2D eigenvalue weighted by molar-refractivity contribution is 0.131. The summed E-state index contributed by atoms with van der Waals surface area (Å²) in [5.74, 6) is -0.523. The second kappa shape index (κ2) is 12.7. The first-order valence-corrected chi connectivity index (χ1v) is 12.9. The van der Waals surface area contributed by atoms with Gasteiger partial charge in [-0.25, -0.2) is 8.78 Å². The Morgan fingerprint density at radius 2 is 1.17 bits per heavy atom. The average molecular weight is 518 g/mol. The molecule has 0 atom stereocenters. The molecule has 7 heteroatoms. The average Bonchev–Trinajstić information content (AvgIpc) is 2.86. The maximum atomic E-state index is 13.4. The van der Waals surface area contributed by atoms with Crippen LogP contribution in [0.4, 0.5) is 20.2 Å². The summed E-state index contributed by atoms with van der Waals surface area (Å²) in [6.45, 7) is 7.11. The van der Waals surface area contributed by atoms with E-state index in [9.17, 15) is 8.78 Å². The van der Waals surface area contributed by atoms with Gasteiger partial charge in [0.1, 0.15) is 11.6 Å². The lowest BCUT2D eigenvalue weighted by Crippen LogP contribution is -2.47. The maximum Gasteiger partial charge on any atom is 0.123 e. The molecule has 0 spiro atoms. The predicted molar refractivity (Wildman–Crippen MR) is 142 cm³/mol. The number of nitrogens with zero attached hydrogens (tertiary/aromatic N) is 3. The largest absolute Gasteiger partial charge is 0.341 e. The number of rotatable bonds is 10. The molecule has 0 N–H and O–H groups in total. The zero-order valence-electron chi connectivity index (χ0n) is 19.8. The fraction of sp³-hybridized carbons (Fsp3) is 0.357. The van der Waals surface area contributed by atoms with Crippen LogP contribution in [0.25, 0.3) is 0 Å². The smallest absolute Gasteiger partial charge is 0.123 e. The van der Waals surface area contributed by atoms with Gasteiger partial charge in [0.05, 0.1) is 10.0 Å². The van der Waals surface area contributed by atoms with Crippen molar-refractivity contribution in [1.82, 2.24) is 9.80 Å². The number of hydrogen-bond acceptors (Lipinski definition) is 3. The van der Waals surface area contributed by atoms with Crippen LogP contribution in [-0.4, -0.2) is 55.6 Å². The van der Waals surface area contributed by atoms with Gasteiger partial charge in [-0.15, -0.1) is 0 Å². The van der Waals surface area contributed by atoms with Gasteiger partial charge in [0, 0.05) is 44.1 Å². The Labute approximate surface area is 216 Å². The van der Waals surface area contributed by atoms with Gasteiger partial charge in [-0.1, -0.05) is 29.3 Å². The zero-order valence-corrected chi connectivity index (χ0v) is 21.3. The monoisotopic (exact) mass is 517 g/mol. The quantitative estimate of drug-likeness (QED) is 0.285. The fourth-order valence-corrected chi connectivity index (χ4v) is 4.86. The van der Waals surface area contributed by atoms with E-state index in [1.165, 1.54) is 29.8 Å². The van der Waals surface area contributed by atoms with E-state index in [0.717, 1.165) is 76.5 Å². The van der Waals surface area contributed by atoms with Crippen molar-refractivity contribution in [3.05, 3.63) is 94.0 Å². The fourth-order valence-electron chi connectivity index (χ4n) is 4.54. The van der Waals surface area contributed by atoms with E-state index < -0.39 is 0 Å². The van der Waals surface area contributed by atoms with Crippen molar-refractivity contribution in [1.29, 1.82) is 0 Å². The molecule has 0 radical (unpaired) electrons. The molecule has 1 heterocycles. The zero-order chi connectivity index (χ0) is 24.6. The van der Waals surface area contributed by atoms with Gasteiger partial charge in [0.2, 0.25) is 0 Å². The van der Waals surface area contributed by atoms with Crippen molar-refractivity contribution in [3.63, 3.8) is 0 Å². The lowest BCUT2D eigenvalue weighted by atomic mass is 10.1. The third-order valence-electron chi connectivity index (χ3n) is 6.52. The molecule has 186 valence electrons. The van der Waals surface area contributed by atoms with Crippen LogP contribution < -0.4 is 4.90 Å². The Morgan fingerprint density at radius 3 is 1.69 bits per heavy atom. The third kappa shape index (κ3) is 7.65. The van der Waals surface area contributed by atoms with Crippen molar-refractivity contribution in [2.45, 2.75) is 19.3 Å². The molecule has 1 fully saturated rings. The Morgan fingerprint density at radius 1 is 0.657 bits per heavy atom. The van der Waals surface area contributed by atoms with Crippen LogP contribution >= 0.6 is 23.2 Å². The van der Waals surface area contributed by atoms with Crippen molar-refractivity contribution < 1.29 is 8.78 Å². The molecule has 3 aromatic rings. The van der Waals surface area contributed by atoms with Crippen molar-refractivity contribution in [3.8, 4) is 0 Å². The van der Waals surface area contributed by atoms with Crippen LogP contribution in [0.15, 0.2) is 66.7 Å². The molecule has 4 rings (SSSR count). The van der Waals surface area contributed by atoms with E-state index in [4.69, 9.17) is 23.2 Å². The summed E-state index contributed by atoms with van der Waals surface area (Å²) in [7, 11) is 0. The molecular formula is C28H31Cl2F2N3. The van der Waals surface area contributed by atoms with Crippen molar-refractivity contribution in [2.24, 2.45) is 0 Å². The highest BCUT2D eigenvalue weighted by Crippen LogP contribution is 2.26. The first-order chi connectivity index (χ1) is 17.0. The highest BCUT2D eigenvalue weighted by molar-refractivity contribution is 6.42. The second-order valence-electron chi connectivity index (χ2n) is 8.99. The minimum atomic E-state index is -0.261. The van der Waals surface area contributed by atoms with Gasteiger partial charge in [0.15, 0.2) is 0 Å². The normalized spacial score (nSPS) is 14.9. The molecule has 1 aliphatic heterocycles. The number of benzene rings is 3. The molecule has 0 bridgehead atoms. The van der Waals surface area contributed by atoms with Gasteiger partial charge < -0.3 is 14.7 Å². The number of anilines is 2. The molecule has 35 heavy (non-hydrogen) atoms. The van der Waals surface area contributed by atoms with E-state index in [1.807, 2.05) is 18.2 Å². The van der Waals surface area contributed by atoms with Crippen molar-refractivity contribution >= 4 is 34.6 Å². The molecule has 1 aliphatic rings. The Hall–Kier alpha value is -2.18. The molecule has 3 nitrogen and oxygen atoms in total. The summed E-state index contributed by atoms with van der Waals surface area (Å²) in [4.78, 5) is 7.15. The van der Waals surface area contributed by atoms with Crippen LogP contribution in [0, 0.1) is 11.6 Å². The third-order valence-corrected chi connectivity index (χ3v) is 7.26. The molecule has 0 unspecified atom stereocenters. The topological polar surface area (TPSA) is 9.72 Å². The van der Waals surface area contributed by atoms with Crippen LogP contribution in [0.3, 0.4) is 0 Å². The summed E-state index contributed by atoms with van der Waals surface area (Å²) in [6.07, 6.45) is 3.06. The Balaban J connectivity index is 1.21. The molecule has 0 amide bonds. The van der Waals surface area contributed by atoms with Gasteiger partial charge in [0.25, 0.3) is 0 Å². The van der Waals surface area contributed by atoms with Gasteiger partial charge in [-0.05, 0) is 98.6 Å². The first kappa shape index (κ1) is 25.9. The Bertz CT molecular complexity index is 1020. The molecule has 0 saturated carbocycles. The Kier molecular flexibility index (Phi) is 9.38. The predicted octanol–water partition coefficient (Wildman–Crippen LogP) is 7.05. The lowest BCUT2D eigenvalue weighted by Gasteiger charge is -2.35. The molecular weight excluding hydrogens is 487 g/mol. The van der Waals surface area contributed by atoms with Crippen LogP contribution in [-0.2, 0) is 6.42 Å². The SMILES string of the molecule is Fc1ccc(N(CCCN2CCN(CCCc3ccc(Cl)c(Cl)c3)CC2)c2ccc(F)cc2)cc1. The summed E-state index contributed by atoms with van der Waals surface area (Å²) < 4.78 is 26.9. The molecule has 3 aromatic carbocycles. The summed E-state index contributed by atoms with van der Waals surface area (Å²) >= 11 is 12.1. The first-order valence-electron chi connectivity index (χ1n) is 12.2. The maximum absolute atomic E-state index is 13.4. The number of aryl methyl sites for hydroxylation is 1. The van der Waals surface area contributed by atoms with Gasteiger partial charge >= 0.3 is 0 Å². The van der Waals surface area contributed by atoms with E-state index >= 15 is 0 Å². The van der Waals surface area contributed by atoms with E-state index in [2.05, 4.69) is 14.7 Å². The number of hydrogen-bond donors (Lipinski definition) is 0. The van der Waals surface area contributed by atoms with Crippen LogP contribution in [0.5, 0.6) is 0 Å².